The Morgan fingerprint density at radius 3 is 1.45 bits per heavy atom. The third kappa shape index (κ3) is 14.4. The van der Waals surface area contributed by atoms with Crippen molar-refractivity contribution in [3.8, 4) is 44.4 Å². The summed E-state index contributed by atoms with van der Waals surface area (Å²) in [4.78, 5) is 106. The molecule has 6 aromatic rings. The number of Topliss-reactive ketones (excluding diaryl/α,β-unsaturated/α-hetero) is 2. The Morgan fingerprint density at radius 1 is 0.616 bits per heavy atom. The van der Waals surface area contributed by atoms with E-state index < -0.39 is 73.4 Å². The number of ether oxygens (including phenoxy) is 4. The number of aliphatic carboxylic acids is 1. The van der Waals surface area contributed by atoms with Crippen molar-refractivity contribution in [2.75, 3.05) is 41.4 Å². The quantitative estimate of drug-likeness (QED) is 0.0960. The predicted octanol–water partition coefficient (Wildman–Crippen LogP) is 13.6. The number of amides is 3. The monoisotopic (exact) mass is 1410 g/mol. The number of rotatable bonds is 14. The Morgan fingerprint density at radius 2 is 1.04 bits per heavy atom. The number of nitrogens with one attached hydrogen (secondary N) is 1. The average Bonchev–Trinajstić information content (AvgIpc) is 1.58. The number of hydrogen-bond donors (Lipinski definition) is 2. The van der Waals surface area contributed by atoms with Gasteiger partial charge >= 0.3 is 5.97 Å². The third-order valence-electron chi connectivity index (χ3n) is 22.2. The molecule has 0 saturated heterocycles. The summed E-state index contributed by atoms with van der Waals surface area (Å²) < 4.78 is 52.5. The molecule has 2 N–H and O–H groups in total. The zero-order valence-corrected chi connectivity index (χ0v) is 61.1. The third-order valence-corrected chi connectivity index (χ3v) is 26.1. The molecule has 5 saturated carbocycles. The van der Waals surface area contributed by atoms with Gasteiger partial charge in [0, 0.05) is 96.7 Å². The van der Waals surface area contributed by atoms with Crippen LogP contribution in [0.2, 0.25) is 0 Å². The summed E-state index contributed by atoms with van der Waals surface area (Å²) in [6.45, 7) is 15.2. The topological polar surface area (TPSA) is 264 Å². The number of methoxy groups -OCH3 is 2. The molecule has 3 amide bonds. The Kier molecular flexibility index (Phi) is 20.4. The molecule has 10 atom stereocenters. The number of carboxylic acid groups (broad SMARTS) is 1. The van der Waals surface area contributed by atoms with Gasteiger partial charge < -0.3 is 33.9 Å². The van der Waals surface area contributed by atoms with E-state index in [1.807, 2.05) is 79.9 Å². The van der Waals surface area contributed by atoms with Crippen LogP contribution >= 0.6 is 22.7 Å². The molecule has 5 fully saturated rings. The van der Waals surface area contributed by atoms with Crippen molar-refractivity contribution in [1.82, 2.24) is 34.5 Å². The fraction of sp³-hybridized carbons (Fsp3) is 0.553. The standard InChI is InChI=1S/C40H50N4O7S2.C36H43N3O6S/c1-23(2)31-22-52-36(42-31)30-19-34(27-12-13-33(50-6)24(3)35(27)41-30)51-26-17-28-29(18-26)37(46)44(5)16-10-8-7-9-11-25-20-40(25,21-32(28)45)38(47)43-53(48,49)39(4)14-15-39;1-20(2)28-19-46-33(38-28)27-16-31(24-11-12-30(44-5)21(3)32(24)37-27)45-23-14-25-26(15-23)34(41)39(4)13-9-7-6-8-10-22-17-36(22,35(42)43)18-29(25)40/h9,11-13,19,22-23,25-26,28-29H,7-8,10,14-18,20-21H2,1-6H3,(H,43,47);8,10-12,16,19-20,22-23,25-26H,6-7,9,13-15,17-18H2,1-5H3,(H,42,43)/b11-9-;10-8-/t25-,26-,28-,29-,40-;22-,23?,25-,26-,36-/m11/s1. The van der Waals surface area contributed by atoms with E-state index in [-0.39, 0.29) is 59.9 Å². The van der Waals surface area contributed by atoms with Crippen LogP contribution in [0.4, 0.5) is 0 Å². The van der Waals surface area contributed by atoms with Crippen LogP contribution < -0.4 is 23.7 Å². The van der Waals surface area contributed by atoms with Gasteiger partial charge in [0.2, 0.25) is 27.7 Å². The van der Waals surface area contributed by atoms with Crippen LogP contribution in [0.5, 0.6) is 23.0 Å². The van der Waals surface area contributed by atoms with Gasteiger partial charge in [0.15, 0.2) is 0 Å². The van der Waals surface area contributed by atoms with E-state index in [2.05, 4.69) is 37.8 Å². The number of aromatic nitrogens is 4. The van der Waals surface area contributed by atoms with E-state index in [0.717, 1.165) is 98.6 Å². The normalized spacial score (nSPS) is 27.8. The van der Waals surface area contributed by atoms with E-state index in [1.165, 1.54) is 22.7 Å². The fourth-order valence-corrected chi connectivity index (χ4v) is 18.4. The van der Waals surface area contributed by atoms with Gasteiger partial charge in [-0.1, -0.05) is 52.0 Å². The molecular formula is C76H93N7O13S3. The van der Waals surface area contributed by atoms with Crippen LogP contribution in [0.25, 0.3) is 43.2 Å². The lowest BCUT2D eigenvalue weighted by Gasteiger charge is -2.26. The number of pyridine rings is 2. The molecule has 0 spiro atoms. The lowest BCUT2D eigenvalue weighted by atomic mass is 9.84. The second-order valence-corrected chi connectivity index (χ2v) is 33.6. The van der Waals surface area contributed by atoms with Gasteiger partial charge in [-0.15, -0.1) is 22.7 Å². The van der Waals surface area contributed by atoms with Gasteiger partial charge in [-0.2, -0.15) is 0 Å². The molecule has 13 rings (SSSR count). The zero-order chi connectivity index (χ0) is 70.6. The zero-order valence-electron chi connectivity index (χ0n) is 58.7. The van der Waals surface area contributed by atoms with Crippen LogP contribution in [0.1, 0.15) is 172 Å². The Balaban J connectivity index is 0.000000190. The van der Waals surface area contributed by atoms with Crippen molar-refractivity contribution in [3.63, 3.8) is 0 Å². The molecule has 0 radical (unpaired) electrons. The second-order valence-electron chi connectivity index (χ2n) is 29.7. The average molecular weight is 1410 g/mol. The summed E-state index contributed by atoms with van der Waals surface area (Å²) in [5.74, 6) is -1.81. The van der Waals surface area contributed by atoms with E-state index in [9.17, 15) is 42.3 Å². The van der Waals surface area contributed by atoms with Crippen LogP contribution in [0, 0.1) is 60.2 Å². The number of sulfonamides is 1. The molecule has 2 aliphatic heterocycles. The minimum absolute atomic E-state index is 0.0637. The first-order chi connectivity index (χ1) is 47.2. The SMILES string of the molecule is COc1ccc2c(OC3C[C@H]4C(=O)C[C@]5(C(=O)O)C[C@H]5/C=C\CCCCN(C)C(=O)[C@@H]4C3)cc(-c3nc(C(C)C)cs3)nc2c1C.COc1ccc2c(O[C@@H]3C[C@H]4C(=O)C[C@]5(C(=O)NS(=O)(=O)C6(C)CC6)C[C@H]5/C=C\CCCCN(C)C(=O)[C@@H]4C3)cc(-c3nc(C(C)C)cs3)nc2c1C. The van der Waals surface area contributed by atoms with Crippen LogP contribution in [-0.4, -0.2) is 137 Å². The predicted molar refractivity (Wildman–Crippen MR) is 382 cm³/mol. The molecule has 99 heavy (non-hydrogen) atoms. The second kappa shape index (κ2) is 28.4. The smallest absolute Gasteiger partial charge is 0.310 e. The number of allylic oxidation sites excluding steroid dienone is 4. The lowest BCUT2D eigenvalue weighted by Crippen LogP contribution is -2.44. The summed E-state index contributed by atoms with van der Waals surface area (Å²) in [6.07, 6.45) is 15.2. The highest BCUT2D eigenvalue weighted by Gasteiger charge is 2.64. The number of carboxylic acids is 1. The Labute approximate surface area is 588 Å². The number of carbonyl (C=O) groups is 6. The van der Waals surface area contributed by atoms with Crippen molar-refractivity contribution < 1.29 is 61.2 Å². The summed E-state index contributed by atoms with van der Waals surface area (Å²) in [5, 5.41) is 17.4. The fourth-order valence-electron chi connectivity index (χ4n) is 15.2. The van der Waals surface area contributed by atoms with Crippen LogP contribution in [0.15, 0.2) is 71.5 Å². The van der Waals surface area contributed by atoms with Crippen molar-refractivity contribution in [1.29, 1.82) is 0 Å². The highest BCUT2D eigenvalue weighted by molar-refractivity contribution is 7.91. The van der Waals surface area contributed by atoms with E-state index in [0.29, 0.717) is 93.1 Å². The molecule has 528 valence electrons. The number of aryl methyl sites for hydroxylation is 2. The first kappa shape index (κ1) is 71.2. The first-order valence-electron chi connectivity index (χ1n) is 35.1. The van der Waals surface area contributed by atoms with Gasteiger partial charge in [-0.3, -0.25) is 33.5 Å². The van der Waals surface area contributed by atoms with Gasteiger partial charge in [-0.05, 0) is 159 Å². The number of nitrogens with zero attached hydrogens (tertiary/aromatic N) is 6. The molecule has 4 aromatic heterocycles. The summed E-state index contributed by atoms with van der Waals surface area (Å²) in [7, 11) is 2.96. The highest BCUT2D eigenvalue weighted by Crippen LogP contribution is 2.60. The van der Waals surface area contributed by atoms with Gasteiger partial charge in [0.25, 0.3) is 0 Å². The maximum absolute atomic E-state index is 14.5. The summed E-state index contributed by atoms with van der Waals surface area (Å²) >= 11 is 3.06. The molecule has 0 bridgehead atoms. The van der Waals surface area contributed by atoms with E-state index in [1.54, 1.807) is 45.0 Å². The number of ketones is 2. The van der Waals surface area contributed by atoms with Crippen molar-refractivity contribution in [3.05, 3.63) is 94.0 Å². The first-order valence-corrected chi connectivity index (χ1v) is 38.3. The van der Waals surface area contributed by atoms with E-state index in [4.69, 9.17) is 38.9 Å². The molecule has 1 unspecified atom stereocenters. The molecular weight excluding hydrogens is 1320 g/mol. The number of benzene rings is 2. The molecule has 20 nitrogen and oxygen atoms in total. The van der Waals surface area contributed by atoms with Gasteiger partial charge in [0.05, 0.1) is 64.1 Å². The maximum Gasteiger partial charge on any atom is 0.310 e. The Bertz CT molecular complexity index is 4330. The molecule has 7 aliphatic rings. The van der Waals surface area contributed by atoms with Gasteiger partial charge in [-0.25, -0.2) is 28.4 Å². The van der Waals surface area contributed by atoms with Crippen LogP contribution in [-0.2, 0) is 38.8 Å². The van der Waals surface area contributed by atoms with Crippen molar-refractivity contribution >= 4 is 89.8 Å². The number of hydrogen-bond acceptors (Lipinski definition) is 18. The number of carbonyl (C=O) groups excluding carboxylic acids is 5. The molecule has 5 aliphatic carbocycles. The maximum atomic E-state index is 14.5. The van der Waals surface area contributed by atoms with E-state index >= 15 is 0 Å². The minimum atomic E-state index is -3.89. The summed E-state index contributed by atoms with van der Waals surface area (Å²) in [5.41, 5.74) is 4.30. The highest BCUT2D eigenvalue weighted by atomic mass is 32.2. The number of thiazole rings is 2. The molecule has 6 heterocycles. The van der Waals surface area contributed by atoms with Crippen molar-refractivity contribution in [2.24, 2.45) is 46.3 Å². The largest absolute Gasteiger partial charge is 0.496 e. The van der Waals surface area contributed by atoms with Crippen LogP contribution in [0.3, 0.4) is 0 Å². The molecule has 23 heteroatoms. The summed E-state index contributed by atoms with van der Waals surface area (Å²) in [6, 6.07) is 11.4. The molecule has 2 aromatic carbocycles. The minimum Gasteiger partial charge on any atom is -0.496 e. The van der Waals surface area contributed by atoms with Crippen molar-refractivity contribution in [2.45, 2.75) is 180 Å². The lowest BCUT2D eigenvalue weighted by molar-refractivity contribution is -0.147. The number of fused-ring (bicyclic) bond motifs is 6. The van der Waals surface area contributed by atoms with Gasteiger partial charge in [0.1, 0.15) is 68.2 Å². The Hall–Kier alpha value is -7.63.